The van der Waals surface area contributed by atoms with Gasteiger partial charge in [-0.15, -0.1) is 0 Å². The molecule has 1 aromatic carbocycles. The fourth-order valence-electron chi connectivity index (χ4n) is 3.59. The van der Waals surface area contributed by atoms with E-state index in [0.717, 1.165) is 16.3 Å². The van der Waals surface area contributed by atoms with E-state index in [4.69, 9.17) is 11.6 Å². The van der Waals surface area contributed by atoms with E-state index in [1.54, 1.807) is 23.0 Å². The number of nitrogens with zero attached hydrogens (tertiary/aromatic N) is 3. The summed E-state index contributed by atoms with van der Waals surface area (Å²) in [4.78, 5) is 13.3. The average molecular weight is 416 g/mol. The highest BCUT2D eigenvalue weighted by molar-refractivity contribution is 6.30. The van der Waals surface area contributed by atoms with E-state index >= 15 is 0 Å². The molecule has 5 nitrogen and oxygen atoms in total. The molecule has 1 saturated heterocycles. The number of benzene rings is 1. The largest absolute Gasteiger partial charge is 0.426 e. The minimum atomic E-state index is -5.02. The molecule has 0 bridgehead atoms. The third-order valence-corrected chi connectivity index (χ3v) is 5.54. The molecule has 3 atom stereocenters. The maximum absolute atomic E-state index is 13.0. The molecule has 1 amide bonds. The molecule has 28 heavy (non-hydrogen) atoms. The second-order valence-electron chi connectivity index (χ2n) is 7.34. The Hall–Kier alpha value is -2.06. The van der Waals surface area contributed by atoms with Gasteiger partial charge in [0.05, 0.1) is 5.69 Å². The zero-order chi connectivity index (χ0) is 20.7. The van der Waals surface area contributed by atoms with Crippen molar-refractivity contribution in [3.8, 4) is 5.69 Å². The van der Waals surface area contributed by atoms with Crippen molar-refractivity contribution in [3.63, 3.8) is 0 Å². The molecule has 0 aliphatic carbocycles. The Morgan fingerprint density at radius 2 is 1.89 bits per heavy atom. The number of rotatable bonds is 3. The molecule has 0 saturated carbocycles. The molecule has 0 radical (unpaired) electrons. The van der Waals surface area contributed by atoms with Crippen molar-refractivity contribution in [2.24, 2.45) is 5.92 Å². The summed E-state index contributed by atoms with van der Waals surface area (Å²) in [5.41, 5.74) is -1.63. The van der Waals surface area contributed by atoms with Crippen LogP contribution in [0.1, 0.15) is 31.9 Å². The molecule has 2 aromatic rings. The standard InChI is InChI=1S/C19H21ClF3N3O2/c1-12-11-25(17(27)18(2,28)19(21,22)23)10-8-15(12)16-7-9-24-26(16)14-5-3-13(20)4-6-14/h3-7,9,12,15,28H,8,10-11H2,1-2H3. The van der Waals surface area contributed by atoms with Gasteiger partial charge in [0.25, 0.3) is 5.91 Å². The van der Waals surface area contributed by atoms with Gasteiger partial charge in [-0.05, 0) is 49.6 Å². The minimum Gasteiger partial charge on any atom is -0.373 e. The summed E-state index contributed by atoms with van der Waals surface area (Å²) in [6.45, 7) is 2.64. The second-order valence-corrected chi connectivity index (χ2v) is 7.77. The number of likely N-dealkylation sites (tertiary alicyclic amines) is 1. The van der Waals surface area contributed by atoms with Crippen LogP contribution in [0.15, 0.2) is 36.5 Å². The molecule has 2 heterocycles. The van der Waals surface area contributed by atoms with Gasteiger partial charge in [-0.1, -0.05) is 18.5 Å². The monoisotopic (exact) mass is 415 g/mol. The van der Waals surface area contributed by atoms with Crippen LogP contribution in [0.2, 0.25) is 5.02 Å². The maximum atomic E-state index is 13.0. The van der Waals surface area contributed by atoms with Crippen LogP contribution < -0.4 is 0 Å². The Morgan fingerprint density at radius 3 is 2.46 bits per heavy atom. The molecule has 3 unspecified atom stereocenters. The molecule has 1 N–H and O–H groups in total. The van der Waals surface area contributed by atoms with Crippen LogP contribution in [0.25, 0.3) is 5.69 Å². The Bertz CT molecular complexity index is 849. The molecule has 0 spiro atoms. The van der Waals surface area contributed by atoms with Crippen LogP contribution in [0.5, 0.6) is 0 Å². The van der Waals surface area contributed by atoms with Gasteiger partial charge < -0.3 is 10.0 Å². The van der Waals surface area contributed by atoms with Crippen molar-refractivity contribution in [2.75, 3.05) is 13.1 Å². The normalized spacial score (nSPS) is 22.8. The predicted molar refractivity (Wildman–Crippen MR) is 98.4 cm³/mol. The molecule has 1 aliphatic rings. The summed E-state index contributed by atoms with van der Waals surface area (Å²) in [6, 6.07) is 9.06. The van der Waals surface area contributed by atoms with Crippen LogP contribution in [0.4, 0.5) is 13.2 Å². The van der Waals surface area contributed by atoms with E-state index in [2.05, 4.69) is 5.10 Å². The fourth-order valence-corrected chi connectivity index (χ4v) is 3.72. The summed E-state index contributed by atoms with van der Waals surface area (Å²) < 4.78 is 40.7. The van der Waals surface area contributed by atoms with E-state index in [9.17, 15) is 23.1 Å². The fraction of sp³-hybridized carbons (Fsp3) is 0.474. The van der Waals surface area contributed by atoms with Crippen molar-refractivity contribution < 1.29 is 23.1 Å². The van der Waals surface area contributed by atoms with Gasteiger partial charge in [0.15, 0.2) is 0 Å². The van der Waals surface area contributed by atoms with Crippen LogP contribution in [0, 0.1) is 5.92 Å². The number of aliphatic hydroxyl groups is 1. The van der Waals surface area contributed by atoms with E-state index in [1.165, 1.54) is 0 Å². The maximum Gasteiger partial charge on any atom is 0.426 e. The zero-order valence-corrected chi connectivity index (χ0v) is 16.2. The number of aromatic nitrogens is 2. The van der Waals surface area contributed by atoms with Crippen LogP contribution >= 0.6 is 11.6 Å². The van der Waals surface area contributed by atoms with Crippen molar-refractivity contribution in [1.29, 1.82) is 0 Å². The Kier molecular flexibility index (Phi) is 5.46. The van der Waals surface area contributed by atoms with Crippen LogP contribution in [0.3, 0.4) is 0 Å². The first-order chi connectivity index (χ1) is 13.0. The second kappa shape index (κ2) is 7.40. The first-order valence-electron chi connectivity index (χ1n) is 8.90. The highest BCUT2D eigenvalue weighted by Gasteiger charge is 2.57. The molecule has 152 valence electrons. The lowest BCUT2D eigenvalue weighted by Gasteiger charge is -2.40. The number of carbonyl (C=O) groups excluding carboxylic acids is 1. The lowest BCUT2D eigenvalue weighted by molar-refractivity contribution is -0.250. The molecule has 1 fully saturated rings. The zero-order valence-electron chi connectivity index (χ0n) is 15.4. The highest BCUT2D eigenvalue weighted by atomic mass is 35.5. The number of alkyl halides is 3. The number of hydrogen-bond acceptors (Lipinski definition) is 3. The summed E-state index contributed by atoms with van der Waals surface area (Å²) in [5, 5.41) is 14.6. The van der Waals surface area contributed by atoms with Crippen LogP contribution in [-0.2, 0) is 4.79 Å². The van der Waals surface area contributed by atoms with Gasteiger partial charge in [0.1, 0.15) is 0 Å². The molecule has 9 heteroatoms. The number of piperidine rings is 1. The number of carbonyl (C=O) groups is 1. The van der Waals surface area contributed by atoms with Gasteiger partial charge >= 0.3 is 6.18 Å². The van der Waals surface area contributed by atoms with E-state index < -0.39 is 17.7 Å². The summed E-state index contributed by atoms with van der Waals surface area (Å²) >= 11 is 5.93. The third kappa shape index (κ3) is 3.75. The quantitative estimate of drug-likeness (QED) is 0.829. The van der Waals surface area contributed by atoms with Gasteiger partial charge in [-0.25, -0.2) is 4.68 Å². The van der Waals surface area contributed by atoms with Crippen LogP contribution in [-0.4, -0.2) is 50.6 Å². The Labute approximate surface area is 165 Å². The first kappa shape index (κ1) is 20.7. The first-order valence-corrected chi connectivity index (χ1v) is 9.28. The minimum absolute atomic E-state index is 0.0121. The highest BCUT2D eigenvalue weighted by Crippen LogP contribution is 2.37. The Balaban J connectivity index is 1.78. The molecule has 1 aliphatic heterocycles. The van der Waals surface area contributed by atoms with Gasteiger partial charge in [-0.2, -0.15) is 18.3 Å². The lowest BCUT2D eigenvalue weighted by atomic mass is 9.83. The predicted octanol–water partition coefficient (Wildman–Crippen LogP) is 3.79. The van der Waals surface area contributed by atoms with Gasteiger partial charge in [-0.3, -0.25) is 4.79 Å². The Morgan fingerprint density at radius 1 is 1.25 bits per heavy atom. The summed E-state index contributed by atoms with van der Waals surface area (Å²) in [7, 11) is 0. The number of hydrogen-bond donors (Lipinski definition) is 1. The number of halogens is 4. The molecule has 3 rings (SSSR count). The van der Waals surface area contributed by atoms with Gasteiger partial charge in [0, 0.05) is 35.9 Å². The van der Waals surface area contributed by atoms with Crippen molar-refractivity contribution in [1.82, 2.24) is 14.7 Å². The number of amides is 1. The van der Waals surface area contributed by atoms with Crippen molar-refractivity contribution >= 4 is 17.5 Å². The average Bonchev–Trinajstić information content (AvgIpc) is 3.10. The van der Waals surface area contributed by atoms with Crippen molar-refractivity contribution in [2.45, 2.75) is 38.0 Å². The van der Waals surface area contributed by atoms with Gasteiger partial charge in [0.2, 0.25) is 5.60 Å². The van der Waals surface area contributed by atoms with E-state index in [1.807, 2.05) is 25.1 Å². The lowest BCUT2D eigenvalue weighted by Crippen LogP contribution is -2.58. The smallest absolute Gasteiger partial charge is 0.373 e. The van der Waals surface area contributed by atoms with Crippen molar-refractivity contribution in [3.05, 3.63) is 47.2 Å². The molecule has 1 aromatic heterocycles. The van der Waals surface area contributed by atoms with E-state index in [0.29, 0.717) is 18.4 Å². The SMILES string of the molecule is CC1CN(C(=O)C(C)(O)C(F)(F)F)CCC1c1ccnn1-c1ccc(Cl)cc1. The third-order valence-electron chi connectivity index (χ3n) is 5.28. The summed E-state index contributed by atoms with van der Waals surface area (Å²) in [6.07, 6.45) is -2.87. The van der Waals surface area contributed by atoms with E-state index in [-0.39, 0.29) is 24.9 Å². The topological polar surface area (TPSA) is 58.4 Å². The molecular weight excluding hydrogens is 395 g/mol. The molecular formula is C19H21ClF3N3O2. The summed E-state index contributed by atoms with van der Waals surface area (Å²) in [5.74, 6) is -1.40.